The topological polar surface area (TPSA) is 108 Å². The molecule has 0 saturated heterocycles. The van der Waals surface area contributed by atoms with E-state index in [0.717, 1.165) is 32.1 Å². The molecule has 0 amide bonds. The first-order chi connectivity index (χ1) is 28.0. The molecule has 0 fully saturated rings. The van der Waals surface area contributed by atoms with Gasteiger partial charge in [-0.2, -0.15) is 0 Å². The van der Waals surface area contributed by atoms with Crippen molar-refractivity contribution < 1.29 is 42.1 Å². The summed E-state index contributed by atoms with van der Waals surface area (Å²) in [7, 11) is 1.49. The molecule has 1 unspecified atom stereocenters. The van der Waals surface area contributed by atoms with Gasteiger partial charge in [0.25, 0.3) is 0 Å². The van der Waals surface area contributed by atoms with Gasteiger partial charge in [-0.3, -0.25) is 18.6 Å². The Kier molecular flexibility index (Phi) is 40.2. The summed E-state index contributed by atoms with van der Waals surface area (Å²) in [5.74, 6) is -0.787. The number of nitrogens with zero attached hydrogens (tertiary/aromatic N) is 1. The van der Waals surface area contributed by atoms with Crippen molar-refractivity contribution >= 4 is 19.8 Å². The van der Waals surface area contributed by atoms with Crippen LogP contribution in [0.1, 0.15) is 232 Å². The van der Waals surface area contributed by atoms with Crippen LogP contribution in [0.5, 0.6) is 0 Å². The molecule has 0 aromatic heterocycles. The number of hydrogen-bond donors (Lipinski definition) is 1. The fourth-order valence-corrected chi connectivity index (χ4v) is 7.69. The summed E-state index contributed by atoms with van der Waals surface area (Å²) in [4.78, 5) is 35.5. The van der Waals surface area contributed by atoms with Gasteiger partial charge in [0, 0.05) is 12.8 Å². The number of unbranched alkanes of at least 4 members (excludes halogenated alkanes) is 29. The van der Waals surface area contributed by atoms with Crippen LogP contribution in [0.25, 0.3) is 0 Å². The summed E-state index contributed by atoms with van der Waals surface area (Å²) >= 11 is 0. The zero-order chi connectivity index (χ0) is 42.8. The van der Waals surface area contributed by atoms with E-state index in [2.05, 4.69) is 26.0 Å². The molecule has 0 aromatic carbocycles. The Morgan fingerprint density at radius 2 is 0.879 bits per heavy atom. The molecule has 0 rings (SSSR count). The first-order valence-electron chi connectivity index (χ1n) is 24.4. The molecule has 1 N–H and O–H groups in total. The van der Waals surface area contributed by atoms with E-state index in [-0.39, 0.29) is 25.6 Å². The summed E-state index contributed by atoms with van der Waals surface area (Å²) in [6.45, 7) is 4.45. The van der Waals surface area contributed by atoms with E-state index < -0.39 is 26.5 Å². The molecule has 2 atom stereocenters. The minimum absolute atomic E-state index is 0.0347. The number of carbonyl (C=O) groups excluding carboxylic acids is 2. The lowest BCUT2D eigenvalue weighted by Gasteiger charge is -2.24. The van der Waals surface area contributed by atoms with Gasteiger partial charge in [0.15, 0.2) is 6.10 Å². The maximum absolute atomic E-state index is 12.7. The molecule has 0 aliphatic heterocycles. The molecule has 9 nitrogen and oxygen atoms in total. The van der Waals surface area contributed by atoms with Crippen molar-refractivity contribution in [3.63, 3.8) is 0 Å². The lowest BCUT2D eigenvalue weighted by molar-refractivity contribution is -0.870. The number of rotatable bonds is 45. The Balaban J connectivity index is 4.26. The van der Waals surface area contributed by atoms with Gasteiger partial charge in [-0.15, -0.1) is 0 Å². The molecule has 0 aliphatic rings. The Hall–Kier alpha value is -1.25. The van der Waals surface area contributed by atoms with Crippen molar-refractivity contribution in [1.29, 1.82) is 0 Å². The average molecular weight is 845 g/mol. The lowest BCUT2D eigenvalue weighted by Crippen LogP contribution is -2.37. The highest BCUT2D eigenvalue weighted by Gasteiger charge is 2.27. The number of allylic oxidation sites excluding steroid dienone is 2. The molecular weight excluding hydrogens is 750 g/mol. The number of carbonyl (C=O) groups is 2. The first kappa shape index (κ1) is 56.8. The molecule has 344 valence electrons. The molecule has 0 bridgehead atoms. The number of ether oxygens (including phenoxy) is 2. The third-order valence-corrected chi connectivity index (χ3v) is 11.8. The molecule has 10 heteroatoms. The minimum atomic E-state index is -4.37. The normalized spacial score (nSPS) is 13.6. The SMILES string of the molecule is CCCCCC/C=C\CCCCCCCCCCCC(=O)O[C@H](COC(=O)CCCCCCCCCCCCCCCCCCC)COP(=O)(O)OCC[N+](C)(C)C. The Labute approximate surface area is 358 Å². The standard InChI is InChI=1S/C48H94NO8P/c1-6-8-10-12-14-16-18-20-22-24-26-28-30-32-34-36-38-40-47(50)54-44-46(45-56-58(52,53)55-43-42-49(3,4)5)57-48(51)41-39-37-35-33-31-29-27-25-23-21-19-17-15-13-11-9-7-2/h17,19,46H,6-16,18,20-45H2,1-5H3/p+1/b19-17-/t46-/m1/s1. The van der Waals surface area contributed by atoms with Crippen molar-refractivity contribution in [3.05, 3.63) is 12.2 Å². The van der Waals surface area contributed by atoms with E-state index in [1.807, 2.05) is 21.1 Å². The van der Waals surface area contributed by atoms with E-state index in [1.165, 1.54) is 167 Å². The van der Waals surface area contributed by atoms with Crippen LogP contribution in [-0.2, 0) is 32.7 Å². The molecule has 0 heterocycles. The number of likely N-dealkylation sites (N-methyl/N-ethyl adjacent to an activating group) is 1. The van der Waals surface area contributed by atoms with E-state index in [1.54, 1.807) is 0 Å². The fraction of sp³-hybridized carbons (Fsp3) is 0.917. The fourth-order valence-electron chi connectivity index (χ4n) is 6.95. The molecule has 58 heavy (non-hydrogen) atoms. The van der Waals surface area contributed by atoms with E-state index in [0.29, 0.717) is 23.9 Å². The van der Waals surface area contributed by atoms with Gasteiger partial charge >= 0.3 is 19.8 Å². The minimum Gasteiger partial charge on any atom is -0.462 e. The second-order valence-electron chi connectivity index (χ2n) is 17.9. The van der Waals surface area contributed by atoms with Gasteiger partial charge < -0.3 is 18.9 Å². The van der Waals surface area contributed by atoms with Gasteiger partial charge in [0.1, 0.15) is 19.8 Å². The molecule has 0 radical (unpaired) electrons. The van der Waals surface area contributed by atoms with Crippen molar-refractivity contribution in [1.82, 2.24) is 0 Å². The first-order valence-corrected chi connectivity index (χ1v) is 25.9. The summed E-state index contributed by atoms with van der Waals surface area (Å²) < 4.78 is 34.4. The summed E-state index contributed by atoms with van der Waals surface area (Å²) in [6, 6.07) is 0. The third-order valence-electron chi connectivity index (χ3n) is 10.8. The number of quaternary nitrogens is 1. The van der Waals surface area contributed by atoms with Crippen LogP contribution >= 0.6 is 7.82 Å². The van der Waals surface area contributed by atoms with Crippen molar-refractivity contribution in [3.8, 4) is 0 Å². The lowest BCUT2D eigenvalue weighted by atomic mass is 10.0. The Morgan fingerprint density at radius 3 is 1.29 bits per heavy atom. The quantitative estimate of drug-likeness (QED) is 0.0212. The zero-order valence-corrected chi connectivity index (χ0v) is 39.7. The smallest absolute Gasteiger partial charge is 0.462 e. The van der Waals surface area contributed by atoms with E-state index in [9.17, 15) is 19.0 Å². The van der Waals surface area contributed by atoms with Crippen LogP contribution in [0.4, 0.5) is 0 Å². The van der Waals surface area contributed by atoms with Crippen LogP contribution < -0.4 is 0 Å². The Bertz CT molecular complexity index is 1000. The van der Waals surface area contributed by atoms with Gasteiger partial charge in [-0.25, -0.2) is 4.57 Å². The highest BCUT2D eigenvalue weighted by Crippen LogP contribution is 2.43. The van der Waals surface area contributed by atoms with Crippen molar-refractivity contribution in [2.45, 2.75) is 238 Å². The summed E-state index contributed by atoms with van der Waals surface area (Å²) in [6.07, 6.45) is 43.9. The predicted octanol–water partition coefficient (Wildman–Crippen LogP) is 14.1. The van der Waals surface area contributed by atoms with Crippen LogP contribution in [-0.4, -0.2) is 74.9 Å². The van der Waals surface area contributed by atoms with Gasteiger partial charge in [0.05, 0.1) is 27.7 Å². The monoisotopic (exact) mass is 845 g/mol. The van der Waals surface area contributed by atoms with Crippen molar-refractivity contribution in [2.24, 2.45) is 0 Å². The van der Waals surface area contributed by atoms with Gasteiger partial charge in [0.2, 0.25) is 0 Å². The van der Waals surface area contributed by atoms with E-state index in [4.69, 9.17) is 18.5 Å². The van der Waals surface area contributed by atoms with Gasteiger partial charge in [-0.1, -0.05) is 193 Å². The third kappa shape index (κ3) is 44.3. The summed E-state index contributed by atoms with van der Waals surface area (Å²) in [5.41, 5.74) is 0. The molecular formula is C48H95NO8P+. The maximum atomic E-state index is 12.7. The maximum Gasteiger partial charge on any atom is 0.472 e. The van der Waals surface area contributed by atoms with Gasteiger partial charge in [-0.05, 0) is 38.5 Å². The zero-order valence-electron chi connectivity index (χ0n) is 38.8. The van der Waals surface area contributed by atoms with E-state index >= 15 is 0 Å². The van der Waals surface area contributed by atoms with Crippen LogP contribution in [0.15, 0.2) is 12.2 Å². The summed E-state index contributed by atoms with van der Waals surface area (Å²) in [5, 5.41) is 0. The molecule has 0 spiro atoms. The molecule has 0 aromatic rings. The Morgan fingerprint density at radius 1 is 0.517 bits per heavy atom. The van der Waals surface area contributed by atoms with Crippen LogP contribution in [0.2, 0.25) is 0 Å². The average Bonchev–Trinajstić information content (AvgIpc) is 3.17. The van der Waals surface area contributed by atoms with Crippen LogP contribution in [0, 0.1) is 0 Å². The largest absolute Gasteiger partial charge is 0.472 e. The highest BCUT2D eigenvalue weighted by molar-refractivity contribution is 7.47. The second kappa shape index (κ2) is 41.1. The predicted molar refractivity (Wildman–Crippen MR) is 243 cm³/mol. The second-order valence-corrected chi connectivity index (χ2v) is 19.3. The number of phosphoric acid groups is 1. The van der Waals surface area contributed by atoms with Crippen LogP contribution in [0.3, 0.4) is 0 Å². The molecule has 0 aliphatic carbocycles. The highest BCUT2D eigenvalue weighted by atomic mass is 31.2. The van der Waals surface area contributed by atoms with Crippen molar-refractivity contribution in [2.75, 3.05) is 47.5 Å². The number of hydrogen-bond acceptors (Lipinski definition) is 7. The number of esters is 2. The number of phosphoric ester groups is 1. The molecule has 0 saturated carbocycles.